The molecule has 0 radical (unpaired) electrons. The molecule has 1 N–H and O–H groups in total. The quantitative estimate of drug-likeness (QED) is 0.926. The van der Waals surface area contributed by atoms with Crippen molar-refractivity contribution in [2.45, 2.75) is 43.0 Å². The molecule has 0 amide bonds. The second-order valence-corrected chi connectivity index (χ2v) is 7.32. The van der Waals surface area contributed by atoms with Crippen molar-refractivity contribution in [3.05, 3.63) is 23.2 Å². The molecule has 1 aliphatic carbocycles. The minimum absolute atomic E-state index is 0.310. The van der Waals surface area contributed by atoms with Crippen molar-refractivity contribution in [3.8, 4) is 0 Å². The molecular weight excluding hydrogens is 270 g/mol. The molecule has 1 aliphatic rings. The third kappa shape index (κ3) is 3.39. The van der Waals surface area contributed by atoms with Crippen LogP contribution in [0.3, 0.4) is 0 Å². The summed E-state index contributed by atoms with van der Waals surface area (Å²) in [5.41, 5.74) is 0.728. The average Bonchev–Trinajstić information content (AvgIpc) is 2.32. The predicted octanol–water partition coefficient (Wildman–Crippen LogP) is 3.49. The molecule has 1 aromatic rings. The lowest BCUT2D eigenvalue weighted by molar-refractivity contribution is 0.462. The average molecular weight is 288 g/mol. The molecule has 100 valence electrons. The molecule has 3 nitrogen and oxygen atoms in total. The summed E-state index contributed by atoms with van der Waals surface area (Å²) in [6, 6.07) is 5.23. The Hall–Kier alpha value is -0.740. The zero-order valence-corrected chi connectivity index (χ0v) is 12.0. The molecule has 18 heavy (non-hydrogen) atoms. The van der Waals surface area contributed by atoms with E-state index in [1.54, 1.807) is 18.2 Å². The van der Waals surface area contributed by atoms with Gasteiger partial charge < -0.3 is 5.32 Å². The topological polar surface area (TPSA) is 46.2 Å². The molecule has 0 aromatic heterocycles. The lowest BCUT2D eigenvalue weighted by atomic mass is 9.95. The molecule has 0 saturated heterocycles. The Morgan fingerprint density at radius 2 is 1.89 bits per heavy atom. The van der Waals surface area contributed by atoms with Gasteiger partial charge in [-0.1, -0.05) is 30.9 Å². The smallest absolute Gasteiger partial charge is 0.175 e. The first-order valence-electron chi connectivity index (χ1n) is 6.23. The maximum absolute atomic E-state index is 11.5. The molecule has 0 spiro atoms. The van der Waals surface area contributed by atoms with Crippen LogP contribution in [0.4, 0.5) is 5.69 Å². The van der Waals surface area contributed by atoms with Gasteiger partial charge in [0.05, 0.1) is 15.6 Å². The fourth-order valence-electron chi connectivity index (χ4n) is 2.31. The van der Waals surface area contributed by atoms with Gasteiger partial charge in [-0.25, -0.2) is 8.42 Å². The van der Waals surface area contributed by atoms with Crippen LogP contribution < -0.4 is 5.32 Å². The van der Waals surface area contributed by atoms with Crippen LogP contribution in [0, 0.1) is 0 Å². The lowest BCUT2D eigenvalue weighted by Gasteiger charge is -2.24. The van der Waals surface area contributed by atoms with E-state index in [0.717, 1.165) is 18.5 Å². The molecule has 1 fully saturated rings. The van der Waals surface area contributed by atoms with Crippen molar-refractivity contribution >= 4 is 27.1 Å². The lowest BCUT2D eigenvalue weighted by Crippen LogP contribution is -2.22. The van der Waals surface area contributed by atoms with Gasteiger partial charge >= 0.3 is 0 Å². The molecule has 0 atom stereocenters. The second-order valence-electron chi connectivity index (χ2n) is 4.89. The summed E-state index contributed by atoms with van der Waals surface area (Å²) in [5.74, 6) is 0. The molecule has 5 heteroatoms. The van der Waals surface area contributed by atoms with Crippen molar-refractivity contribution in [1.82, 2.24) is 0 Å². The highest BCUT2D eigenvalue weighted by molar-refractivity contribution is 7.90. The van der Waals surface area contributed by atoms with E-state index in [-0.39, 0.29) is 0 Å². The predicted molar refractivity (Wildman–Crippen MR) is 75.1 cm³/mol. The van der Waals surface area contributed by atoms with E-state index in [1.807, 2.05) is 0 Å². The summed E-state index contributed by atoms with van der Waals surface area (Å²) < 4.78 is 23.0. The van der Waals surface area contributed by atoms with Gasteiger partial charge in [-0.3, -0.25) is 0 Å². The van der Waals surface area contributed by atoms with E-state index in [0.29, 0.717) is 16.0 Å². The molecule has 0 aliphatic heterocycles. The van der Waals surface area contributed by atoms with Crippen LogP contribution in [0.25, 0.3) is 0 Å². The Morgan fingerprint density at radius 3 is 2.50 bits per heavy atom. The number of hydrogen-bond donors (Lipinski definition) is 1. The Balaban J connectivity index is 2.21. The highest BCUT2D eigenvalue weighted by Gasteiger charge is 2.16. The van der Waals surface area contributed by atoms with Crippen LogP contribution in [0.15, 0.2) is 23.1 Å². The molecule has 0 unspecified atom stereocenters. The van der Waals surface area contributed by atoms with Crippen molar-refractivity contribution in [2.75, 3.05) is 11.6 Å². The standard InChI is InChI=1S/C13H18ClNO2S/c1-18(16,17)11-7-8-12(14)13(9-11)15-10-5-3-2-4-6-10/h7-10,15H,2-6H2,1H3. The minimum atomic E-state index is -3.18. The van der Waals surface area contributed by atoms with Crippen molar-refractivity contribution < 1.29 is 8.42 Å². The van der Waals surface area contributed by atoms with Crippen LogP contribution in [-0.2, 0) is 9.84 Å². The zero-order chi connectivity index (χ0) is 13.2. The first-order valence-corrected chi connectivity index (χ1v) is 8.50. The van der Waals surface area contributed by atoms with Crippen molar-refractivity contribution in [2.24, 2.45) is 0 Å². The Kier molecular flexibility index (Phi) is 4.17. The van der Waals surface area contributed by atoms with Gasteiger partial charge in [0.25, 0.3) is 0 Å². The van der Waals surface area contributed by atoms with E-state index >= 15 is 0 Å². The first-order chi connectivity index (χ1) is 8.47. The highest BCUT2D eigenvalue weighted by Crippen LogP contribution is 2.28. The maximum Gasteiger partial charge on any atom is 0.175 e. The third-order valence-corrected chi connectivity index (χ3v) is 4.77. The number of nitrogens with one attached hydrogen (secondary N) is 1. The van der Waals surface area contributed by atoms with Crippen molar-refractivity contribution in [3.63, 3.8) is 0 Å². The second kappa shape index (κ2) is 5.49. The SMILES string of the molecule is CS(=O)(=O)c1ccc(Cl)c(NC2CCCCC2)c1. The van der Waals surface area contributed by atoms with Gasteiger partial charge in [-0.2, -0.15) is 0 Å². The van der Waals surface area contributed by atoms with E-state index in [2.05, 4.69) is 5.32 Å². The van der Waals surface area contributed by atoms with Gasteiger partial charge in [0.2, 0.25) is 0 Å². The van der Waals surface area contributed by atoms with Crippen LogP contribution in [0.5, 0.6) is 0 Å². The third-order valence-electron chi connectivity index (χ3n) is 3.33. The molecule has 1 aromatic carbocycles. The molecule has 0 bridgehead atoms. The van der Waals surface area contributed by atoms with E-state index in [4.69, 9.17) is 11.6 Å². The van der Waals surface area contributed by atoms with Crippen LogP contribution in [-0.4, -0.2) is 20.7 Å². The summed E-state index contributed by atoms with van der Waals surface area (Å²) in [7, 11) is -3.18. The number of sulfone groups is 1. The molecule has 2 rings (SSSR count). The van der Waals surface area contributed by atoms with E-state index < -0.39 is 9.84 Å². The van der Waals surface area contributed by atoms with Crippen molar-refractivity contribution in [1.29, 1.82) is 0 Å². The Morgan fingerprint density at radius 1 is 1.22 bits per heavy atom. The largest absolute Gasteiger partial charge is 0.381 e. The number of benzene rings is 1. The first kappa shape index (κ1) is 13.7. The normalized spacial score (nSPS) is 17.7. The number of rotatable bonds is 3. The Bertz CT molecular complexity index is 522. The molecule has 0 heterocycles. The molecular formula is C13H18ClNO2S. The fourth-order valence-corrected chi connectivity index (χ4v) is 3.13. The Labute approximate surface area is 113 Å². The summed E-state index contributed by atoms with van der Waals surface area (Å²) in [5, 5.41) is 3.94. The monoisotopic (exact) mass is 287 g/mol. The number of anilines is 1. The summed E-state index contributed by atoms with van der Waals surface area (Å²) in [6.45, 7) is 0. The molecule has 1 saturated carbocycles. The highest BCUT2D eigenvalue weighted by atomic mass is 35.5. The van der Waals surface area contributed by atoms with Gasteiger partial charge in [-0.05, 0) is 31.0 Å². The minimum Gasteiger partial charge on any atom is -0.381 e. The zero-order valence-electron chi connectivity index (χ0n) is 10.4. The van der Waals surface area contributed by atoms with E-state index in [1.165, 1.54) is 25.5 Å². The van der Waals surface area contributed by atoms with Crippen LogP contribution in [0.1, 0.15) is 32.1 Å². The van der Waals surface area contributed by atoms with E-state index in [9.17, 15) is 8.42 Å². The van der Waals surface area contributed by atoms with Gasteiger partial charge in [0, 0.05) is 12.3 Å². The number of halogens is 1. The van der Waals surface area contributed by atoms with Gasteiger partial charge in [0.15, 0.2) is 9.84 Å². The fraction of sp³-hybridized carbons (Fsp3) is 0.538. The maximum atomic E-state index is 11.5. The summed E-state index contributed by atoms with van der Waals surface area (Å²) in [4.78, 5) is 0.310. The van der Waals surface area contributed by atoms with Gasteiger partial charge in [0.1, 0.15) is 0 Å². The number of hydrogen-bond acceptors (Lipinski definition) is 3. The summed E-state index contributed by atoms with van der Waals surface area (Å²) in [6.07, 6.45) is 7.19. The van der Waals surface area contributed by atoms with Crippen LogP contribution in [0.2, 0.25) is 5.02 Å². The summed E-state index contributed by atoms with van der Waals surface area (Å²) >= 11 is 6.11. The van der Waals surface area contributed by atoms with Crippen LogP contribution >= 0.6 is 11.6 Å². The van der Waals surface area contributed by atoms with Gasteiger partial charge in [-0.15, -0.1) is 0 Å².